The van der Waals surface area contributed by atoms with Crippen LogP contribution in [0, 0.1) is 5.92 Å². The molecule has 0 aliphatic rings. The fraction of sp³-hybridized carbons (Fsp3) is 0.429. The molecule has 1 aromatic heterocycles. The number of para-hydroxylation sites is 1. The van der Waals surface area contributed by atoms with Crippen LogP contribution < -0.4 is 0 Å². The standard InChI is InChI=1S/C28H35Cl2N3O3/c1-20(2)15-27(34)32(12-6-14-36-3)19-28(35)33(18-21-9-10-24(29)25(30)16-21)13-11-22-17-31-26-8-5-4-7-23(22)26/h4-5,7-10,16-17,20,31H,6,11-15,18-19H2,1-3H3. The predicted molar refractivity (Wildman–Crippen MR) is 146 cm³/mol. The Labute approximate surface area is 223 Å². The number of aromatic nitrogens is 1. The van der Waals surface area contributed by atoms with E-state index in [-0.39, 0.29) is 24.3 Å². The number of aromatic amines is 1. The van der Waals surface area contributed by atoms with Crippen molar-refractivity contribution in [1.82, 2.24) is 14.8 Å². The predicted octanol–water partition coefficient (Wildman–Crippen LogP) is 5.96. The fourth-order valence-corrected chi connectivity index (χ4v) is 4.50. The Morgan fingerprint density at radius 3 is 2.50 bits per heavy atom. The number of hydrogen-bond donors (Lipinski definition) is 1. The minimum absolute atomic E-state index is 0.0134. The van der Waals surface area contributed by atoms with Gasteiger partial charge in [0.25, 0.3) is 0 Å². The van der Waals surface area contributed by atoms with Crippen LogP contribution in [-0.4, -0.2) is 59.9 Å². The summed E-state index contributed by atoms with van der Waals surface area (Å²) in [5, 5.41) is 2.07. The van der Waals surface area contributed by atoms with Crippen LogP contribution in [0.25, 0.3) is 10.9 Å². The zero-order chi connectivity index (χ0) is 26.1. The smallest absolute Gasteiger partial charge is 0.242 e. The highest BCUT2D eigenvalue weighted by atomic mass is 35.5. The van der Waals surface area contributed by atoms with Crippen molar-refractivity contribution in [3.8, 4) is 0 Å². The average Bonchev–Trinajstić information content (AvgIpc) is 3.26. The molecular weight excluding hydrogens is 497 g/mol. The number of fused-ring (bicyclic) bond motifs is 1. The van der Waals surface area contributed by atoms with Gasteiger partial charge in [0.2, 0.25) is 11.8 Å². The fourth-order valence-electron chi connectivity index (χ4n) is 4.18. The molecule has 0 aliphatic carbocycles. The second-order valence-corrected chi connectivity index (χ2v) is 10.2. The van der Waals surface area contributed by atoms with Gasteiger partial charge in [-0.1, -0.05) is 61.3 Å². The van der Waals surface area contributed by atoms with Crippen LogP contribution in [0.15, 0.2) is 48.7 Å². The van der Waals surface area contributed by atoms with Gasteiger partial charge in [-0.25, -0.2) is 0 Å². The van der Waals surface area contributed by atoms with Crippen molar-refractivity contribution in [3.63, 3.8) is 0 Å². The number of nitrogens with one attached hydrogen (secondary N) is 1. The monoisotopic (exact) mass is 531 g/mol. The molecule has 2 amide bonds. The lowest BCUT2D eigenvalue weighted by atomic mass is 10.1. The van der Waals surface area contributed by atoms with Gasteiger partial charge in [0.15, 0.2) is 0 Å². The molecule has 0 unspecified atom stereocenters. The highest BCUT2D eigenvalue weighted by Gasteiger charge is 2.22. The van der Waals surface area contributed by atoms with Crippen molar-refractivity contribution in [2.24, 2.45) is 5.92 Å². The van der Waals surface area contributed by atoms with Crippen LogP contribution in [0.5, 0.6) is 0 Å². The van der Waals surface area contributed by atoms with Crippen LogP contribution in [0.1, 0.15) is 37.8 Å². The van der Waals surface area contributed by atoms with E-state index in [0.717, 1.165) is 22.0 Å². The first-order valence-electron chi connectivity index (χ1n) is 12.3. The molecule has 0 saturated heterocycles. The molecule has 2 aromatic carbocycles. The number of carbonyl (C=O) groups excluding carboxylic acids is 2. The van der Waals surface area contributed by atoms with Crippen molar-refractivity contribution < 1.29 is 14.3 Å². The van der Waals surface area contributed by atoms with E-state index >= 15 is 0 Å². The third-order valence-electron chi connectivity index (χ3n) is 6.07. The van der Waals surface area contributed by atoms with Gasteiger partial charge in [-0.2, -0.15) is 0 Å². The third kappa shape index (κ3) is 7.99. The number of hydrogen-bond acceptors (Lipinski definition) is 3. The van der Waals surface area contributed by atoms with E-state index in [0.29, 0.717) is 55.5 Å². The van der Waals surface area contributed by atoms with Gasteiger partial charge in [0.1, 0.15) is 0 Å². The highest BCUT2D eigenvalue weighted by Crippen LogP contribution is 2.24. The number of halogens is 2. The van der Waals surface area contributed by atoms with Gasteiger partial charge in [0.05, 0.1) is 16.6 Å². The van der Waals surface area contributed by atoms with Crippen molar-refractivity contribution in [2.45, 2.75) is 39.7 Å². The summed E-state index contributed by atoms with van der Waals surface area (Å²) >= 11 is 12.3. The van der Waals surface area contributed by atoms with Crippen LogP contribution >= 0.6 is 23.2 Å². The molecule has 3 rings (SSSR count). The second-order valence-electron chi connectivity index (χ2n) is 9.43. The number of amides is 2. The van der Waals surface area contributed by atoms with Crippen molar-refractivity contribution in [1.29, 1.82) is 0 Å². The number of methoxy groups -OCH3 is 1. The molecule has 0 saturated carbocycles. The molecule has 0 atom stereocenters. The Balaban J connectivity index is 1.79. The largest absolute Gasteiger partial charge is 0.385 e. The van der Waals surface area contributed by atoms with E-state index in [1.54, 1.807) is 29.0 Å². The summed E-state index contributed by atoms with van der Waals surface area (Å²) in [6.07, 6.45) is 3.76. The number of carbonyl (C=O) groups is 2. The summed E-state index contributed by atoms with van der Waals surface area (Å²) in [4.78, 5) is 33.3. The molecule has 0 spiro atoms. The summed E-state index contributed by atoms with van der Waals surface area (Å²) in [6.45, 7) is 5.94. The summed E-state index contributed by atoms with van der Waals surface area (Å²) in [5.41, 5.74) is 3.10. The maximum Gasteiger partial charge on any atom is 0.242 e. The first kappa shape index (κ1) is 28.0. The van der Waals surface area contributed by atoms with Gasteiger partial charge < -0.3 is 19.5 Å². The summed E-state index contributed by atoms with van der Waals surface area (Å²) in [6, 6.07) is 13.5. The van der Waals surface area contributed by atoms with Gasteiger partial charge in [-0.05, 0) is 48.1 Å². The Kier molecular flexibility index (Phi) is 10.7. The molecule has 8 heteroatoms. The molecular formula is C28H35Cl2N3O3. The molecule has 3 aromatic rings. The normalized spacial score (nSPS) is 11.3. The van der Waals surface area contributed by atoms with Crippen LogP contribution in [-0.2, 0) is 27.3 Å². The first-order valence-corrected chi connectivity index (χ1v) is 13.1. The summed E-state index contributed by atoms with van der Waals surface area (Å²) in [5.74, 6) is 0.0997. The Hall–Kier alpha value is -2.54. The van der Waals surface area contributed by atoms with Crippen molar-refractivity contribution in [2.75, 3.05) is 33.4 Å². The van der Waals surface area contributed by atoms with Gasteiger partial charge in [-0.3, -0.25) is 9.59 Å². The van der Waals surface area contributed by atoms with Crippen LogP contribution in [0.4, 0.5) is 0 Å². The number of ether oxygens (including phenoxy) is 1. The van der Waals surface area contributed by atoms with E-state index in [1.165, 1.54) is 0 Å². The molecule has 0 aliphatic heterocycles. The second kappa shape index (κ2) is 13.7. The zero-order valence-corrected chi connectivity index (χ0v) is 22.7. The number of nitrogens with zero attached hydrogens (tertiary/aromatic N) is 2. The average molecular weight is 533 g/mol. The lowest BCUT2D eigenvalue weighted by Crippen LogP contribution is -2.44. The van der Waals surface area contributed by atoms with E-state index in [4.69, 9.17) is 27.9 Å². The lowest BCUT2D eigenvalue weighted by Gasteiger charge is -2.28. The molecule has 0 radical (unpaired) electrons. The van der Waals surface area contributed by atoms with E-state index in [1.807, 2.05) is 44.3 Å². The molecule has 0 bridgehead atoms. The van der Waals surface area contributed by atoms with Gasteiger partial charge >= 0.3 is 0 Å². The SMILES string of the molecule is COCCCN(CC(=O)N(CCc1c[nH]c2ccccc12)Cc1ccc(Cl)c(Cl)c1)C(=O)CC(C)C. The van der Waals surface area contributed by atoms with E-state index in [2.05, 4.69) is 11.1 Å². The third-order valence-corrected chi connectivity index (χ3v) is 6.81. The maximum absolute atomic E-state index is 13.6. The summed E-state index contributed by atoms with van der Waals surface area (Å²) in [7, 11) is 1.63. The molecule has 1 N–H and O–H groups in total. The highest BCUT2D eigenvalue weighted by molar-refractivity contribution is 6.42. The maximum atomic E-state index is 13.6. The van der Waals surface area contributed by atoms with Crippen LogP contribution in [0.3, 0.4) is 0 Å². The molecule has 194 valence electrons. The zero-order valence-electron chi connectivity index (χ0n) is 21.2. The van der Waals surface area contributed by atoms with Gasteiger partial charge in [0, 0.05) is 56.9 Å². The Morgan fingerprint density at radius 1 is 1.00 bits per heavy atom. The molecule has 0 fully saturated rings. The summed E-state index contributed by atoms with van der Waals surface area (Å²) < 4.78 is 5.16. The van der Waals surface area contributed by atoms with Crippen molar-refractivity contribution in [3.05, 3.63) is 69.8 Å². The van der Waals surface area contributed by atoms with Crippen LogP contribution in [0.2, 0.25) is 10.0 Å². The quantitative estimate of drug-likeness (QED) is 0.277. The van der Waals surface area contributed by atoms with Gasteiger partial charge in [-0.15, -0.1) is 0 Å². The lowest BCUT2D eigenvalue weighted by molar-refractivity contribution is -0.141. The minimum atomic E-state index is -0.101. The van der Waals surface area contributed by atoms with E-state index < -0.39 is 0 Å². The number of H-pyrrole nitrogens is 1. The topological polar surface area (TPSA) is 65.6 Å². The first-order chi connectivity index (χ1) is 17.3. The van der Waals surface area contributed by atoms with Crippen molar-refractivity contribution >= 4 is 45.9 Å². The minimum Gasteiger partial charge on any atom is -0.385 e. The Morgan fingerprint density at radius 2 is 1.78 bits per heavy atom. The molecule has 1 heterocycles. The Bertz CT molecular complexity index is 1160. The van der Waals surface area contributed by atoms with E-state index in [9.17, 15) is 9.59 Å². The number of benzene rings is 2. The molecule has 36 heavy (non-hydrogen) atoms. The number of rotatable bonds is 13. The molecule has 6 nitrogen and oxygen atoms in total.